The van der Waals surface area contributed by atoms with E-state index in [1.165, 1.54) is 12.3 Å². The zero-order valence-electron chi connectivity index (χ0n) is 16.9. The Labute approximate surface area is 189 Å². The number of nitrogens with zero attached hydrogens (tertiary/aromatic N) is 2. The van der Waals surface area contributed by atoms with Crippen LogP contribution in [-0.2, 0) is 17.2 Å². The second kappa shape index (κ2) is 10.0. The molecule has 6 nitrogen and oxygen atoms in total. The normalized spacial score (nSPS) is 17.3. The van der Waals surface area contributed by atoms with E-state index in [4.69, 9.17) is 16.3 Å². The number of ether oxygens (including phenoxy) is 1. The van der Waals surface area contributed by atoms with Gasteiger partial charge in [-0.3, -0.25) is 9.52 Å². The Morgan fingerprint density at radius 1 is 1.38 bits per heavy atom. The van der Waals surface area contributed by atoms with Gasteiger partial charge in [0.05, 0.1) is 28.5 Å². The fraction of sp³-hybridized carbons (Fsp3) is 0.400. The minimum atomic E-state index is -4.51. The summed E-state index contributed by atoms with van der Waals surface area (Å²) in [7, 11) is -1.63. The molecule has 32 heavy (non-hydrogen) atoms. The zero-order chi connectivity index (χ0) is 23.5. The van der Waals surface area contributed by atoms with Crippen LogP contribution in [0.25, 0.3) is 0 Å². The number of amides is 1. The van der Waals surface area contributed by atoms with Gasteiger partial charge in [0.15, 0.2) is 0 Å². The highest BCUT2D eigenvalue weighted by Gasteiger charge is 2.33. The summed E-state index contributed by atoms with van der Waals surface area (Å²) in [4.78, 5) is 17.4. The second-order valence-electron chi connectivity index (χ2n) is 7.03. The molecule has 12 heteroatoms. The Balaban J connectivity index is 1.68. The monoisotopic (exact) mass is 493 g/mol. The van der Waals surface area contributed by atoms with E-state index in [1.54, 1.807) is 6.92 Å². The molecule has 1 aliphatic rings. The molecule has 0 saturated carbocycles. The first kappa shape index (κ1) is 24.2. The predicted octanol–water partition coefficient (Wildman–Crippen LogP) is 4.35. The molecule has 174 valence electrons. The van der Waals surface area contributed by atoms with E-state index < -0.39 is 34.6 Å². The lowest BCUT2D eigenvalue weighted by atomic mass is 10.2. The zero-order valence-corrected chi connectivity index (χ0v) is 18.5. The van der Waals surface area contributed by atoms with Gasteiger partial charge in [-0.05, 0) is 31.0 Å². The van der Waals surface area contributed by atoms with E-state index in [2.05, 4.69) is 9.71 Å². The smallest absolute Gasteiger partial charge is 0.433 e. The maximum absolute atomic E-state index is 14.4. The van der Waals surface area contributed by atoms with Crippen LogP contribution in [-0.4, -0.2) is 40.0 Å². The lowest BCUT2D eigenvalue weighted by molar-refractivity contribution is -0.141. The largest absolute Gasteiger partial charge is 0.490 e. The highest BCUT2D eigenvalue weighted by Crippen LogP contribution is 2.32. The average molecular weight is 494 g/mol. The fourth-order valence-corrected chi connectivity index (χ4v) is 3.98. The van der Waals surface area contributed by atoms with E-state index in [0.29, 0.717) is 18.7 Å². The Morgan fingerprint density at radius 3 is 2.75 bits per heavy atom. The van der Waals surface area contributed by atoms with Crippen LogP contribution >= 0.6 is 11.6 Å². The third-order valence-electron chi connectivity index (χ3n) is 4.91. The number of carbonyl (C=O) groups excluding carboxylic acids is 1. The lowest BCUT2D eigenvalue weighted by Gasteiger charge is -2.27. The van der Waals surface area contributed by atoms with Crippen molar-refractivity contribution in [3.8, 4) is 5.75 Å². The Kier molecular flexibility index (Phi) is 7.60. The van der Waals surface area contributed by atoms with Crippen LogP contribution in [0.5, 0.6) is 5.75 Å². The summed E-state index contributed by atoms with van der Waals surface area (Å²) in [5.41, 5.74) is -0.804. The third-order valence-corrected chi connectivity index (χ3v) is 6.15. The standard InChI is InChI=1S/C20H20ClF4N3O3S/c1-2-32(30)27-19(29)14-8-15(21)17(9-16(14)22)31-11-13-4-3-7-28(13)12-5-6-18(26-10-12)20(23,24)25/h5-6,8-10,13H,2-4,7,11H2,1H3,(H,27,29). The Hall–Kier alpha value is -2.40. The van der Waals surface area contributed by atoms with Crippen LogP contribution in [0.15, 0.2) is 30.5 Å². The molecule has 2 unspecified atom stereocenters. The number of halogens is 5. The van der Waals surface area contributed by atoms with Gasteiger partial charge in [0, 0.05) is 18.4 Å². The molecular formula is C20H20ClF4N3O3S. The van der Waals surface area contributed by atoms with E-state index in [-0.39, 0.29) is 34.7 Å². The number of pyridine rings is 1. The van der Waals surface area contributed by atoms with E-state index >= 15 is 0 Å². The SMILES string of the molecule is CCS(=O)NC(=O)c1cc(Cl)c(OCC2CCCN2c2ccc(C(F)(F)F)nc2)cc1F. The fourth-order valence-electron chi connectivity index (χ4n) is 3.30. The molecule has 1 aromatic heterocycles. The highest BCUT2D eigenvalue weighted by atomic mass is 35.5. The van der Waals surface area contributed by atoms with Crippen molar-refractivity contribution >= 4 is 34.2 Å². The van der Waals surface area contributed by atoms with Gasteiger partial charge in [0.2, 0.25) is 0 Å². The van der Waals surface area contributed by atoms with Crippen molar-refractivity contribution in [1.82, 2.24) is 9.71 Å². The summed E-state index contributed by atoms with van der Waals surface area (Å²) in [5.74, 6) is -1.54. The maximum Gasteiger partial charge on any atom is 0.433 e. The van der Waals surface area contributed by atoms with E-state index in [1.807, 2.05) is 4.90 Å². The van der Waals surface area contributed by atoms with Crippen molar-refractivity contribution in [3.05, 3.63) is 52.6 Å². The van der Waals surface area contributed by atoms with Crippen molar-refractivity contribution in [2.45, 2.75) is 32.0 Å². The molecule has 1 fully saturated rings. The van der Waals surface area contributed by atoms with Gasteiger partial charge in [0.25, 0.3) is 5.91 Å². The number of anilines is 1. The first-order valence-corrected chi connectivity index (χ1v) is 11.4. The summed E-state index contributed by atoms with van der Waals surface area (Å²) < 4.78 is 71.9. The lowest BCUT2D eigenvalue weighted by Crippen LogP contribution is -2.34. The quantitative estimate of drug-likeness (QED) is 0.580. The molecule has 2 heterocycles. The van der Waals surface area contributed by atoms with Crippen LogP contribution in [0, 0.1) is 5.82 Å². The minimum absolute atomic E-state index is 0.000394. The van der Waals surface area contributed by atoms with Gasteiger partial charge in [-0.25, -0.2) is 13.6 Å². The first-order valence-electron chi connectivity index (χ1n) is 9.71. The van der Waals surface area contributed by atoms with Crippen LogP contribution < -0.4 is 14.4 Å². The number of alkyl halides is 3. The van der Waals surface area contributed by atoms with Crippen molar-refractivity contribution < 1.29 is 31.3 Å². The average Bonchev–Trinajstić information content (AvgIpc) is 3.21. The van der Waals surface area contributed by atoms with Gasteiger partial charge in [-0.15, -0.1) is 0 Å². The molecule has 0 spiro atoms. The molecule has 1 N–H and O–H groups in total. The molecular weight excluding hydrogens is 474 g/mol. The molecule has 1 aliphatic heterocycles. The molecule has 1 saturated heterocycles. The number of carbonyl (C=O) groups is 1. The van der Waals surface area contributed by atoms with Crippen LogP contribution in [0.2, 0.25) is 5.02 Å². The number of aromatic nitrogens is 1. The molecule has 1 aromatic carbocycles. The van der Waals surface area contributed by atoms with E-state index in [9.17, 15) is 26.6 Å². The molecule has 0 aliphatic carbocycles. The summed E-state index contributed by atoms with van der Waals surface area (Å²) in [6, 6.07) is 4.18. The van der Waals surface area contributed by atoms with Gasteiger partial charge < -0.3 is 9.64 Å². The number of rotatable bonds is 7. The number of hydrogen-bond donors (Lipinski definition) is 1. The van der Waals surface area contributed by atoms with Crippen LogP contribution in [0.4, 0.5) is 23.2 Å². The number of benzene rings is 1. The third kappa shape index (κ3) is 5.69. The van der Waals surface area contributed by atoms with Gasteiger partial charge in [0.1, 0.15) is 34.9 Å². The van der Waals surface area contributed by atoms with Crippen molar-refractivity contribution in [3.63, 3.8) is 0 Å². The second-order valence-corrected chi connectivity index (χ2v) is 8.91. The minimum Gasteiger partial charge on any atom is -0.490 e. The topological polar surface area (TPSA) is 71.5 Å². The summed E-state index contributed by atoms with van der Waals surface area (Å²) >= 11 is 6.14. The van der Waals surface area contributed by atoms with Crippen molar-refractivity contribution in [2.75, 3.05) is 23.8 Å². The van der Waals surface area contributed by atoms with Gasteiger partial charge in [-0.2, -0.15) is 13.2 Å². The maximum atomic E-state index is 14.4. The molecule has 1 amide bonds. The van der Waals surface area contributed by atoms with Crippen LogP contribution in [0.3, 0.4) is 0 Å². The van der Waals surface area contributed by atoms with E-state index in [0.717, 1.165) is 24.6 Å². The summed E-state index contributed by atoms with van der Waals surface area (Å²) in [5, 5.41) is -0.000394. The molecule has 2 aromatic rings. The van der Waals surface area contributed by atoms with Gasteiger partial charge >= 0.3 is 6.18 Å². The van der Waals surface area contributed by atoms with Crippen LogP contribution in [0.1, 0.15) is 35.8 Å². The Morgan fingerprint density at radius 2 is 2.12 bits per heavy atom. The first-order chi connectivity index (χ1) is 15.1. The number of hydrogen-bond acceptors (Lipinski definition) is 5. The molecule has 0 radical (unpaired) electrons. The van der Waals surface area contributed by atoms with Crippen molar-refractivity contribution in [1.29, 1.82) is 0 Å². The molecule has 3 rings (SSSR count). The molecule has 2 atom stereocenters. The number of nitrogens with one attached hydrogen (secondary N) is 1. The Bertz CT molecular complexity index is 1000. The molecule has 0 bridgehead atoms. The predicted molar refractivity (Wildman–Crippen MR) is 113 cm³/mol. The van der Waals surface area contributed by atoms with Crippen molar-refractivity contribution in [2.24, 2.45) is 0 Å². The summed E-state index contributed by atoms with van der Waals surface area (Å²) in [6.07, 6.45) is -1.84. The summed E-state index contributed by atoms with van der Waals surface area (Å²) in [6.45, 7) is 2.31. The highest BCUT2D eigenvalue weighted by molar-refractivity contribution is 7.83. The van der Waals surface area contributed by atoms with Gasteiger partial charge in [-0.1, -0.05) is 18.5 Å².